The van der Waals surface area contributed by atoms with Crippen LogP contribution in [0.4, 0.5) is 0 Å². The largest absolute Gasteiger partial charge is 0.478 e. The minimum absolute atomic E-state index is 0.180. The number of hydrogen-bond acceptors (Lipinski definition) is 3. The van der Waals surface area contributed by atoms with Gasteiger partial charge in [-0.3, -0.25) is 9.55 Å². The Labute approximate surface area is 236 Å². The van der Waals surface area contributed by atoms with E-state index in [0.29, 0.717) is 11.1 Å². The number of carbonyl (C=O) groups is 1. The molecule has 0 atom stereocenters. The van der Waals surface area contributed by atoms with Crippen LogP contribution in [0.5, 0.6) is 0 Å². The number of fused-ring (bicyclic) bond motifs is 2. The van der Waals surface area contributed by atoms with Crippen LogP contribution in [0.25, 0.3) is 12.2 Å². The molecule has 0 unspecified atom stereocenters. The van der Waals surface area contributed by atoms with Crippen LogP contribution < -0.4 is 5.69 Å². The van der Waals surface area contributed by atoms with Gasteiger partial charge < -0.3 is 5.11 Å². The van der Waals surface area contributed by atoms with Crippen LogP contribution >= 0.6 is 12.2 Å². The molecule has 2 N–H and O–H groups in total. The van der Waals surface area contributed by atoms with E-state index in [1.54, 1.807) is 10.6 Å². The number of carboxylic acid groups (broad SMARTS) is 1. The molecule has 0 radical (unpaired) electrons. The highest BCUT2D eigenvalue weighted by Gasteiger charge is 2.25. The van der Waals surface area contributed by atoms with Gasteiger partial charge in [-0.1, -0.05) is 115 Å². The molecule has 0 spiro atoms. The number of carboxylic acids is 1. The number of H-pyrrole nitrogens is 1. The summed E-state index contributed by atoms with van der Waals surface area (Å²) < 4.78 is 1.97. The third-order valence-corrected chi connectivity index (χ3v) is 7.74. The van der Waals surface area contributed by atoms with Gasteiger partial charge in [0, 0.05) is 17.7 Å². The molecule has 1 heterocycles. The van der Waals surface area contributed by atoms with Gasteiger partial charge in [0.05, 0.1) is 12.1 Å². The van der Waals surface area contributed by atoms with Crippen molar-refractivity contribution in [2.45, 2.75) is 18.9 Å². The van der Waals surface area contributed by atoms with Gasteiger partial charge in [0.2, 0.25) is 0 Å². The lowest BCUT2D eigenvalue weighted by molar-refractivity contribution is 0.0695. The Morgan fingerprint density at radius 3 is 2.08 bits per heavy atom. The van der Waals surface area contributed by atoms with E-state index < -0.39 is 5.97 Å². The summed E-state index contributed by atoms with van der Waals surface area (Å²) >= 11 is 5.71. The van der Waals surface area contributed by atoms with Gasteiger partial charge in [-0.25, -0.2) is 9.59 Å². The second kappa shape index (κ2) is 10.8. The maximum Gasteiger partial charge on any atom is 0.335 e. The minimum atomic E-state index is -0.993. The normalized spacial score (nSPS) is 12.4. The molecule has 0 amide bonds. The Hall–Kier alpha value is -4.81. The molecule has 196 valence electrons. The number of rotatable bonds is 6. The van der Waals surface area contributed by atoms with E-state index in [1.165, 1.54) is 0 Å². The van der Waals surface area contributed by atoms with Crippen LogP contribution in [0.1, 0.15) is 60.8 Å². The average molecular weight is 543 g/mol. The molecular weight excluding hydrogens is 516 g/mol. The molecule has 1 aliphatic rings. The summed E-state index contributed by atoms with van der Waals surface area (Å²) in [5, 5.41) is 9.96. The van der Waals surface area contributed by atoms with Crippen LogP contribution in [-0.4, -0.2) is 20.6 Å². The molecule has 5 nitrogen and oxygen atoms in total. The molecule has 40 heavy (non-hydrogen) atoms. The summed E-state index contributed by atoms with van der Waals surface area (Å²) in [5.41, 5.74) is 7.58. The van der Waals surface area contributed by atoms with E-state index in [9.17, 15) is 14.7 Å². The first kappa shape index (κ1) is 25.5. The highest BCUT2D eigenvalue weighted by molar-refractivity contribution is 7.71. The lowest BCUT2D eigenvalue weighted by Gasteiger charge is -2.22. The fraction of sp³-hybridized carbons (Fsp3) is 0.0882. The molecule has 6 rings (SSSR count). The minimum Gasteiger partial charge on any atom is -0.478 e. The summed E-state index contributed by atoms with van der Waals surface area (Å²) in [6, 6.07) is 31.6. The molecular formula is C34H26N2O3S. The Morgan fingerprint density at radius 2 is 1.43 bits per heavy atom. The fourth-order valence-corrected chi connectivity index (χ4v) is 5.73. The lowest BCUT2D eigenvalue weighted by Crippen LogP contribution is -2.25. The predicted octanol–water partition coefficient (Wildman–Crippen LogP) is 6.91. The molecule has 6 heteroatoms. The van der Waals surface area contributed by atoms with Crippen molar-refractivity contribution in [1.29, 1.82) is 0 Å². The zero-order valence-corrected chi connectivity index (χ0v) is 22.4. The quantitative estimate of drug-likeness (QED) is 0.224. The molecule has 0 saturated heterocycles. The molecule has 0 bridgehead atoms. The first-order valence-corrected chi connectivity index (χ1v) is 13.5. The number of nitrogens with zero attached hydrogens (tertiary/aromatic N) is 1. The Morgan fingerprint density at radius 1 is 0.800 bits per heavy atom. The van der Waals surface area contributed by atoms with Gasteiger partial charge >= 0.3 is 11.7 Å². The Balaban J connectivity index is 1.42. The monoisotopic (exact) mass is 542 g/mol. The van der Waals surface area contributed by atoms with Crippen LogP contribution in [0, 0.1) is 4.64 Å². The van der Waals surface area contributed by atoms with Crippen molar-refractivity contribution < 1.29 is 9.90 Å². The third-order valence-electron chi connectivity index (χ3n) is 7.40. The highest BCUT2D eigenvalue weighted by Crippen LogP contribution is 2.39. The number of benzene rings is 4. The van der Waals surface area contributed by atoms with Crippen molar-refractivity contribution in [3.8, 4) is 0 Å². The number of hydrogen-bond donors (Lipinski definition) is 2. The van der Waals surface area contributed by atoms with Crippen molar-refractivity contribution >= 4 is 30.3 Å². The van der Waals surface area contributed by atoms with Gasteiger partial charge in [0.15, 0.2) is 0 Å². The molecule has 5 aromatic rings. The number of aromatic nitrogens is 2. The first-order chi connectivity index (χ1) is 19.5. The van der Waals surface area contributed by atoms with Crippen molar-refractivity contribution in [1.82, 2.24) is 9.55 Å². The first-order valence-electron chi connectivity index (χ1n) is 13.1. The molecule has 1 aliphatic carbocycles. The predicted molar refractivity (Wildman–Crippen MR) is 160 cm³/mol. The standard InChI is InChI=1S/C34H26N2O3S/c37-33(38)29-19-23(14-15-26(29)18-22-8-2-1-3-9-22)20-36-21-30(32(40)35-34(36)39)31-27-12-6-4-10-24(27)16-17-25-11-5-7-13-28(25)31/h1-17,19,21,31H,18,20H2,(H,37,38)(H,35,39,40). The van der Waals surface area contributed by atoms with Crippen molar-refractivity contribution in [3.63, 3.8) is 0 Å². The van der Waals surface area contributed by atoms with Gasteiger partial charge in [-0.05, 0) is 51.4 Å². The fourth-order valence-electron chi connectivity index (χ4n) is 5.47. The SMILES string of the molecule is O=C(O)c1cc(Cn2cc(C3c4ccccc4C=Cc4ccccc43)c(=S)[nH]c2=O)ccc1Cc1ccccc1. The van der Waals surface area contributed by atoms with E-state index in [1.807, 2.05) is 72.9 Å². The number of aromatic amines is 1. The second-order valence-electron chi connectivity index (χ2n) is 9.95. The van der Waals surface area contributed by atoms with Gasteiger partial charge in [-0.2, -0.15) is 0 Å². The van der Waals surface area contributed by atoms with Crippen molar-refractivity contribution in [2.75, 3.05) is 0 Å². The maximum atomic E-state index is 13.1. The van der Waals surface area contributed by atoms with Gasteiger partial charge in [0.25, 0.3) is 0 Å². The summed E-state index contributed by atoms with van der Waals surface area (Å²) in [6.45, 7) is 0.206. The van der Waals surface area contributed by atoms with Crippen molar-refractivity contribution in [2.24, 2.45) is 0 Å². The number of nitrogens with one attached hydrogen (secondary N) is 1. The molecule has 4 aromatic carbocycles. The Kier molecular flexibility index (Phi) is 6.84. The number of aromatic carboxylic acids is 1. The second-order valence-corrected chi connectivity index (χ2v) is 10.4. The van der Waals surface area contributed by atoms with Crippen molar-refractivity contribution in [3.05, 3.63) is 168 Å². The highest BCUT2D eigenvalue weighted by atomic mass is 32.1. The Bertz CT molecular complexity index is 1840. The van der Waals surface area contributed by atoms with Gasteiger partial charge in [0.1, 0.15) is 4.64 Å². The smallest absolute Gasteiger partial charge is 0.335 e. The summed E-state index contributed by atoms with van der Waals surface area (Å²) in [6.07, 6.45) is 6.56. The van der Waals surface area contributed by atoms with E-state index in [4.69, 9.17) is 12.2 Å². The van der Waals surface area contributed by atoms with Crippen LogP contribution in [0.2, 0.25) is 0 Å². The molecule has 0 fully saturated rings. The summed E-state index contributed by atoms with van der Waals surface area (Å²) in [5.74, 6) is -1.17. The molecule has 0 saturated carbocycles. The zero-order chi connectivity index (χ0) is 27.6. The lowest BCUT2D eigenvalue weighted by atomic mass is 9.83. The summed E-state index contributed by atoms with van der Waals surface area (Å²) in [4.78, 5) is 28.1. The van der Waals surface area contributed by atoms with E-state index in [0.717, 1.165) is 44.5 Å². The topological polar surface area (TPSA) is 75.1 Å². The third kappa shape index (κ3) is 4.97. The average Bonchev–Trinajstić information content (AvgIpc) is 3.13. The molecule has 0 aliphatic heterocycles. The van der Waals surface area contributed by atoms with Crippen LogP contribution in [0.3, 0.4) is 0 Å². The zero-order valence-electron chi connectivity index (χ0n) is 21.6. The molecule has 1 aromatic heterocycles. The van der Waals surface area contributed by atoms with Crippen LogP contribution in [0.15, 0.2) is 108 Å². The maximum absolute atomic E-state index is 13.1. The van der Waals surface area contributed by atoms with E-state index in [-0.39, 0.29) is 23.7 Å². The van der Waals surface area contributed by atoms with E-state index >= 15 is 0 Å². The van der Waals surface area contributed by atoms with Crippen LogP contribution in [-0.2, 0) is 13.0 Å². The summed E-state index contributed by atoms with van der Waals surface area (Å²) in [7, 11) is 0. The van der Waals surface area contributed by atoms with Gasteiger partial charge in [-0.15, -0.1) is 0 Å². The van der Waals surface area contributed by atoms with E-state index in [2.05, 4.69) is 41.4 Å².